The summed E-state index contributed by atoms with van der Waals surface area (Å²) in [5, 5.41) is 4.15. The van der Waals surface area contributed by atoms with Crippen LogP contribution in [-0.2, 0) is 10.2 Å². The van der Waals surface area contributed by atoms with Crippen LogP contribution in [0.2, 0.25) is 0 Å². The van der Waals surface area contributed by atoms with Gasteiger partial charge in [0.25, 0.3) is 0 Å². The van der Waals surface area contributed by atoms with Crippen LogP contribution in [-0.4, -0.2) is 25.0 Å². The van der Waals surface area contributed by atoms with E-state index in [0.29, 0.717) is 0 Å². The number of aryl methyl sites for hydroxylation is 1. The summed E-state index contributed by atoms with van der Waals surface area (Å²) in [6.07, 6.45) is 1.87. The number of hydrogen-bond donors (Lipinski definition) is 1. The van der Waals surface area contributed by atoms with E-state index >= 15 is 0 Å². The van der Waals surface area contributed by atoms with Crippen molar-refractivity contribution in [3.05, 3.63) is 47.5 Å². The van der Waals surface area contributed by atoms with Crippen molar-refractivity contribution in [3.63, 3.8) is 0 Å². The molecule has 0 aliphatic heterocycles. The summed E-state index contributed by atoms with van der Waals surface area (Å²) in [7, 11) is 3.69. The predicted octanol–water partition coefficient (Wildman–Crippen LogP) is 2.77. The Kier molecular flexibility index (Phi) is 3.02. The second kappa shape index (κ2) is 4.60. The fourth-order valence-electron chi connectivity index (χ4n) is 2.74. The number of nitrogens with one attached hydrogen (secondary N) is 1. The number of hydrazine groups is 1. The lowest BCUT2D eigenvalue weighted by Gasteiger charge is -2.19. The van der Waals surface area contributed by atoms with Crippen LogP contribution in [0, 0.1) is 6.92 Å². The number of amides is 1. The molecule has 0 saturated heterocycles. The second-order valence-corrected chi connectivity index (χ2v) is 5.98. The molecule has 0 heterocycles. The number of carbonyl (C=O) groups excluding carboxylic acids is 1. The minimum Gasteiger partial charge on any atom is -0.289 e. The van der Waals surface area contributed by atoms with E-state index in [0.717, 1.165) is 18.4 Å². The Hall–Kier alpha value is -1.87. The molecule has 3 heteroatoms. The quantitative estimate of drug-likeness (QED) is 0.868. The Labute approximate surface area is 119 Å². The van der Waals surface area contributed by atoms with Gasteiger partial charge in [0, 0.05) is 14.1 Å². The summed E-state index contributed by atoms with van der Waals surface area (Å²) in [6.45, 7) is 2.10. The third kappa shape index (κ3) is 2.18. The lowest BCUT2D eigenvalue weighted by atomic mass is 9.92. The summed E-state index contributed by atoms with van der Waals surface area (Å²) >= 11 is 0. The molecule has 2 aromatic rings. The van der Waals surface area contributed by atoms with Gasteiger partial charge in [-0.1, -0.05) is 42.0 Å². The van der Waals surface area contributed by atoms with E-state index in [1.165, 1.54) is 16.3 Å². The van der Waals surface area contributed by atoms with Crippen LogP contribution in [0.3, 0.4) is 0 Å². The van der Waals surface area contributed by atoms with Crippen molar-refractivity contribution in [2.45, 2.75) is 25.2 Å². The average molecular weight is 268 g/mol. The number of nitrogens with zero attached hydrogens (tertiary/aromatic N) is 1. The van der Waals surface area contributed by atoms with Crippen molar-refractivity contribution < 1.29 is 4.79 Å². The molecule has 104 valence electrons. The Morgan fingerprint density at radius 2 is 1.75 bits per heavy atom. The van der Waals surface area contributed by atoms with Crippen LogP contribution in [0.5, 0.6) is 0 Å². The highest BCUT2D eigenvalue weighted by atomic mass is 16.2. The van der Waals surface area contributed by atoms with Gasteiger partial charge >= 0.3 is 0 Å². The van der Waals surface area contributed by atoms with Gasteiger partial charge in [0.15, 0.2) is 0 Å². The van der Waals surface area contributed by atoms with E-state index in [2.05, 4.69) is 48.7 Å². The molecule has 1 amide bonds. The summed E-state index contributed by atoms with van der Waals surface area (Å²) in [6, 6.07) is 12.8. The highest BCUT2D eigenvalue weighted by Gasteiger charge is 2.51. The molecule has 3 nitrogen and oxygen atoms in total. The topological polar surface area (TPSA) is 32.3 Å². The van der Waals surface area contributed by atoms with Gasteiger partial charge in [-0.15, -0.1) is 0 Å². The summed E-state index contributed by atoms with van der Waals surface area (Å²) in [5.41, 5.74) is 4.97. The van der Waals surface area contributed by atoms with Crippen molar-refractivity contribution in [3.8, 4) is 0 Å². The third-order valence-electron chi connectivity index (χ3n) is 4.06. The zero-order valence-electron chi connectivity index (χ0n) is 12.2. The Morgan fingerprint density at radius 1 is 1.10 bits per heavy atom. The van der Waals surface area contributed by atoms with Crippen molar-refractivity contribution in [1.29, 1.82) is 0 Å². The van der Waals surface area contributed by atoms with Gasteiger partial charge in [-0.25, -0.2) is 5.01 Å². The third-order valence-corrected chi connectivity index (χ3v) is 4.06. The number of benzene rings is 2. The Morgan fingerprint density at radius 3 is 2.40 bits per heavy atom. The van der Waals surface area contributed by atoms with Gasteiger partial charge in [-0.3, -0.25) is 10.2 Å². The molecule has 1 saturated carbocycles. The van der Waals surface area contributed by atoms with Crippen LogP contribution in [0.4, 0.5) is 0 Å². The monoisotopic (exact) mass is 268 g/mol. The zero-order chi connectivity index (χ0) is 14.3. The largest absolute Gasteiger partial charge is 0.289 e. The van der Waals surface area contributed by atoms with Crippen LogP contribution in [0.25, 0.3) is 10.8 Å². The summed E-state index contributed by atoms with van der Waals surface area (Å²) in [5.74, 6) is 0.106. The molecule has 20 heavy (non-hydrogen) atoms. The molecule has 1 aliphatic carbocycles. The standard InChI is InChI=1S/C17H20N2O/c1-12-4-5-14-11-15(7-6-13(14)10-12)17(8-9-17)16(20)18-19(2)3/h4-7,10-11H,8-9H2,1-3H3,(H,18,20). The lowest BCUT2D eigenvalue weighted by molar-refractivity contribution is -0.127. The highest BCUT2D eigenvalue weighted by molar-refractivity contribution is 5.93. The first-order valence-electron chi connectivity index (χ1n) is 7.01. The first-order valence-corrected chi connectivity index (χ1v) is 7.01. The van der Waals surface area contributed by atoms with Gasteiger partial charge in [0.05, 0.1) is 5.41 Å². The molecule has 0 aromatic heterocycles. The summed E-state index contributed by atoms with van der Waals surface area (Å²) < 4.78 is 0. The Bertz CT molecular complexity index is 672. The first-order chi connectivity index (χ1) is 9.51. The number of fused-ring (bicyclic) bond motifs is 1. The summed E-state index contributed by atoms with van der Waals surface area (Å²) in [4.78, 5) is 12.4. The van der Waals surface area contributed by atoms with Crippen molar-refractivity contribution >= 4 is 16.7 Å². The van der Waals surface area contributed by atoms with Gasteiger partial charge in [0.1, 0.15) is 0 Å². The second-order valence-electron chi connectivity index (χ2n) is 5.98. The number of hydrogen-bond acceptors (Lipinski definition) is 2. The minimum atomic E-state index is -0.316. The normalized spacial score (nSPS) is 16.4. The molecular formula is C17H20N2O. The number of carbonyl (C=O) groups is 1. The molecule has 3 rings (SSSR count). The molecule has 0 bridgehead atoms. The first kappa shape index (κ1) is 13.1. The SMILES string of the molecule is Cc1ccc2cc(C3(C(=O)NN(C)C)CC3)ccc2c1. The van der Waals surface area contributed by atoms with Crippen LogP contribution in [0.15, 0.2) is 36.4 Å². The van der Waals surface area contributed by atoms with Crippen molar-refractivity contribution in [2.24, 2.45) is 0 Å². The maximum atomic E-state index is 12.4. The fourth-order valence-corrected chi connectivity index (χ4v) is 2.74. The zero-order valence-corrected chi connectivity index (χ0v) is 12.2. The highest BCUT2D eigenvalue weighted by Crippen LogP contribution is 2.49. The van der Waals surface area contributed by atoms with Crippen LogP contribution < -0.4 is 5.43 Å². The van der Waals surface area contributed by atoms with E-state index in [1.54, 1.807) is 5.01 Å². The number of rotatable bonds is 3. The Balaban J connectivity index is 1.98. The van der Waals surface area contributed by atoms with Crippen LogP contribution in [0.1, 0.15) is 24.0 Å². The minimum absolute atomic E-state index is 0.106. The molecule has 2 aromatic carbocycles. The lowest BCUT2D eigenvalue weighted by Crippen LogP contribution is -2.42. The molecule has 0 spiro atoms. The molecular weight excluding hydrogens is 248 g/mol. The fraction of sp³-hybridized carbons (Fsp3) is 0.353. The van der Waals surface area contributed by atoms with Crippen molar-refractivity contribution in [1.82, 2.24) is 10.4 Å². The van der Waals surface area contributed by atoms with E-state index in [9.17, 15) is 4.79 Å². The smallest absolute Gasteiger partial charge is 0.244 e. The molecule has 0 radical (unpaired) electrons. The predicted molar refractivity (Wildman–Crippen MR) is 81.4 cm³/mol. The molecule has 1 fully saturated rings. The van der Waals surface area contributed by atoms with Crippen LogP contribution >= 0.6 is 0 Å². The maximum Gasteiger partial charge on any atom is 0.244 e. The van der Waals surface area contributed by atoms with E-state index < -0.39 is 0 Å². The van der Waals surface area contributed by atoms with Gasteiger partial charge in [0.2, 0.25) is 5.91 Å². The van der Waals surface area contributed by atoms with E-state index in [4.69, 9.17) is 0 Å². The molecule has 1 N–H and O–H groups in total. The maximum absolute atomic E-state index is 12.4. The molecule has 1 aliphatic rings. The van der Waals surface area contributed by atoms with Crippen molar-refractivity contribution in [2.75, 3.05) is 14.1 Å². The molecule has 0 atom stereocenters. The van der Waals surface area contributed by atoms with Gasteiger partial charge < -0.3 is 0 Å². The average Bonchev–Trinajstić information content (AvgIpc) is 3.19. The van der Waals surface area contributed by atoms with Gasteiger partial charge in [-0.05, 0) is 36.1 Å². The van der Waals surface area contributed by atoms with Gasteiger partial charge in [-0.2, -0.15) is 0 Å². The van der Waals surface area contributed by atoms with E-state index in [1.807, 2.05) is 14.1 Å². The molecule has 0 unspecified atom stereocenters. The van der Waals surface area contributed by atoms with E-state index in [-0.39, 0.29) is 11.3 Å².